The average Bonchev–Trinajstić information content (AvgIpc) is 3.53. The number of carbonyl (C=O) groups is 1. The molecule has 1 fully saturated rings. The van der Waals surface area contributed by atoms with Gasteiger partial charge in [-0.1, -0.05) is 12.1 Å². The van der Waals surface area contributed by atoms with E-state index in [0.29, 0.717) is 5.75 Å². The first kappa shape index (κ1) is 18.2. The number of nitrogens with one attached hydrogen (secondary N) is 1. The number of benzene rings is 2. The molecule has 1 heterocycles. The molecule has 1 saturated carbocycles. The summed E-state index contributed by atoms with van der Waals surface area (Å²) in [5.74, 6) is -2.32. The number of esters is 1. The Morgan fingerprint density at radius 2 is 1.93 bits per heavy atom. The van der Waals surface area contributed by atoms with Crippen LogP contribution in [0.1, 0.15) is 40.2 Å². The maximum absolute atomic E-state index is 14.2. The van der Waals surface area contributed by atoms with Gasteiger partial charge in [-0.3, -0.25) is 4.79 Å². The lowest BCUT2D eigenvalue weighted by atomic mass is 10.0. The van der Waals surface area contributed by atoms with Crippen LogP contribution in [0.4, 0.5) is 8.78 Å². The lowest BCUT2D eigenvalue weighted by Crippen LogP contribution is -2.19. The second kappa shape index (κ2) is 7.07. The molecular formula is C21H17F2NO4. The fourth-order valence-electron chi connectivity index (χ4n) is 3.19. The Morgan fingerprint density at radius 1 is 1.21 bits per heavy atom. The van der Waals surface area contributed by atoms with E-state index in [9.17, 15) is 18.4 Å². The lowest BCUT2D eigenvalue weighted by molar-refractivity contribution is 0.0471. The van der Waals surface area contributed by atoms with Crippen LogP contribution in [0.5, 0.6) is 5.75 Å². The molecule has 0 spiro atoms. The van der Waals surface area contributed by atoms with Crippen LogP contribution in [0.25, 0.3) is 10.9 Å². The highest BCUT2D eigenvalue weighted by Gasteiger charge is 2.31. The number of aromatic nitrogens is 1. The first-order valence-electron chi connectivity index (χ1n) is 8.83. The van der Waals surface area contributed by atoms with Gasteiger partial charge in [0.1, 0.15) is 17.9 Å². The fraction of sp³-hybridized carbons (Fsp3) is 0.238. The second-order valence-corrected chi connectivity index (χ2v) is 6.74. The number of aromatic amines is 1. The summed E-state index contributed by atoms with van der Waals surface area (Å²) in [5, 5.41) is -0.0558. The van der Waals surface area contributed by atoms with Gasteiger partial charge in [-0.05, 0) is 42.5 Å². The van der Waals surface area contributed by atoms with Crippen molar-refractivity contribution in [2.75, 3.05) is 7.11 Å². The molecule has 7 heteroatoms. The van der Waals surface area contributed by atoms with Gasteiger partial charge < -0.3 is 14.5 Å². The third-order valence-electron chi connectivity index (χ3n) is 4.84. The highest BCUT2D eigenvalue weighted by molar-refractivity contribution is 5.94. The molecule has 0 bridgehead atoms. The molecule has 0 radical (unpaired) electrons. The van der Waals surface area contributed by atoms with Gasteiger partial charge >= 0.3 is 5.97 Å². The molecule has 0 amide bonds. The van der Waals surface area contributed by atoms with E-state index < -0.39 is 23.0 Å². The van der Waals surface area contributed by atoms with Crippen molar-refractivity contribution >= 4 is 16.9 Å². The van der Waals surface area contributed by atoms with E-state index in [2.05, 4.69) is 4.98 Å². The molecule has 1 aromatic heterocycles. The van der Waals surface area contributed by atoms with Crippen molar-refractivity contribution in [1.82, 2.24) is 4.98 Å². The van der Waals surface area contributed by atoms with Crippen LogP contribution in [-0.4, -0.2) is 18.1 Å². The van der Waals surface area contributed by atoms with Gasteiger partial charge in [0, 0.05) is 17.1 Å². The fourth-order valence-corrected chi connectivity index (χ4v) is 3.19. The van der Waals surface area contributed by atoms with E-state index in [1.807, 2.05) is 0 Å². The predicted octanol–water partition coefficient (Wildman–Crippen LogP) is 4.05. The van der Waals surface area contributed by atoms with Crippen molar-refractivity contribution in [1.29, 1.82) is 0 Å². The van der Waals surface area contributed by atoms with E-state index in [1.165, 1.54) is 6.20 Å². The van der Waals surface area contributed by atoms with Gasteiger partial charge in [0.15, 0.2) is 11.6 Å². The summed E-state index contributed by atoms with van der Waals surface area (Å²) in [6.45, 7) is -0.0363. The number of methoxy groups -OCH3 is 1. The average molecular weight is 385 g/mol. The highest BCUT2D eigenvalue weighted by atomic mass is 19.2. The largest absolute Gasteiger partial charge is 0.497 e. The van der Waals surface area contributed by atoms with Crippen LogP contribution < -0.4 is 10.2 Å². The van der Waals surface area contributed by atoms with Crippen LogP contribution in [0.3, 0.4) is 0 Å². The third-order valence-corrected chi connectivity index (χ3v) is 4.84. The van der Waals surface area contributed by atoms with Crippen molar-refractivity contribution in [2.45, 2.75) is 25.4 Å². The van der Waals surface area contributed by atoms with Crippen LogP contribution >= 0.6 is 0 Å². The molecule has 5 nitrogen and oxygen atoms in total. The molecule has 144 valence electrons. The first-order valence-corrected chi connectivity index (χ1v) is 8.83. The third kappa shape index (κ3) is 3.24. The minimum absolute atomic E-state index is 0.0363. The Morgan fingerprint density at radius 3 is 2.57 bits per heavy atom. The summed E-state index contributed by atoms with van der Waals surface area (Å²) in [6, 6.07) is 7.74. The summed E-state index contributed by atoms with van der Waals surface area (Å²) < 4.78 is 38.4. The standard InChI is InChI=1S/C21H17F2NO4/c1-27-13-6-2-11(3-7-13)10-28-21(26)15-9-24-19-14(20(15)25)8-16(22)18(23)17(19)12-4-5-12/h2-3,6-9,12H,4-5,10H2,1H3,(H,24,25). The lowest BCUT2D eigenvalue weighted by Gasteiger charge is -2.10. The molecule has 1 aliphatic rings. The summed E-state index contributed by atoms with van der Waals surface area (Å²) in [6.07, 6.45) is 2.68. The molecule has 0 aliphatic heterocycles. The van der Waals surface area contributed by atoms with Gasteiger partial charge in [0.25, 0.3) is 0 Å². The molecule has 1 N–H and O–H groups in total. The number of pyridine rings is 1. The number of H-pyrrole nitrogens is 1. The van der Waals surface area contributed by atoms with Crippen molar-refractivity contribution in [3.05, 3.63) is 75.1 Å². The maximum Gasteiger partial charge on any atom is 0.343 e. The van der Waals surface area contributed by atoms with Gasteiger partial charge in [-0.25, -0.2) is 13.6 Å². The Bertz CT molecular complexity index is 1120. The Labute approximate surface area is 158 Å². The van der Waals surface area contributed by atoms with Crippen molar-refractivity contribution in [3.8, 4) is 5.75 Å². The van der Waals surface area contributed by atoms with Crippen LogP contribution in [0.15, 0.2) is 41.3 Å². The molecule has 0 saturated heterocycles. The Hall–Kier alpha value is -3.22. The second-order valence-electron chi connectivity index (χ2n) is 6.74. The monoisotopic (exact) mass is 385 g/mol. The zero-order valence-electron chi connectivity index (χ0n) is 15.1. The van der Waals surface area contributed by atoms with Gasteiger partial charge in [0.2, 0.25) is 5.43 Å². The SMILES string of the molecule is COc1ccc(COC(=O)c2c[nH]c3c(C4CC4)c(F)c(F)cc3c2=O)cc1. The van der Waals surface area contributed by atoms with Crippen molar-refractivity contribution in [3.63, 3.8) is 0 Å². The summed E-state index contributed by atoms with van der Waals surface area (Å²) in [5.41, 5.74) is 0.182. The number of fused-ring (bicyclic) bond motifs is 1. The summed E-state index contributed by atoms with van der Waals surface area (Å²) >= 11 is 0. The highest BCUT2D eigenvalue weighted by Crippen LogP contribution is 2.44. The minimum atomic E-state index is -1.09. The molecule has 2 aromatic carbocycles. The first-order chi connectivity index (χ1) is 13.5. The maximum atomic E-state index is 14.2. The number of halogens is 2. The van der Waals surface area contributed by atoms with Gasteiger partial charge in [-0.2, -0.15) is 0 Å². The van der Waals surface area contributed by atoms with E-state index in [4.69, 9.17) is 9.47 Å². The molecule has 0 unspecified atom stereocenters. The molecule has 3 aromatic rings. The van der Waals surface area contributed by atoms with E-state index >= 15 is 0 Å². The molecular weight excluding hydrogens is 368 g/mol. The number of ether oxygens (including phenoxy) is 2. The normalized spacial score (nSPS) is 13.5. The molecule has 28 heavy (non-hydrogen) atoms. The van der Waals surface area contributed by atoms with Crippen LogP contribution in [-0.2, 0) is 11.3 Å². The van der Waals surface area contributed by atoms with Gasteiger partial charge in [-0.15, -0.1) is 0 Å². The number of hydrogen-bond acceptors (Lipinski definition) is 4. The zero-order valence-corrected chi connectivity index (χ0v) is 15.1. The summed E-state index contributed by atoms with van der Waals surface area (Å²) in [7, 11) is 1.55. The smallest absolute Gasteiger partial charge is 0.343 e. The minimum Gasteiger partial charge on any atom is -0.497 e. The van der Waals surface area contributed by atoms with Crippen LogP contribution in [0, 0.1) is 11.6 Å². The van der Waals surface area contributed by atoms with Crippen molar-refractivity contribution < 1.29 is 23.0 Å². The number of carbonyl (C=O) groups excluding carboxylic acids is 1. The molecule has 4 rings (SSSR count). The zero-order chi connectivity index (χ0) is 19.8. The molecule has 0 atom stereocenters. The summed E-state index contributed by atoms with van der Waals surface area (Å²) in [4.78, 5) is 27.8. The number of hydrogen-bond donors (Lipinski definition) is 1. The topological polar surface area (TPSA) is 68.4 Å². The van der Waals surface area contributed by atoms with Crippen molar-refractivity contribution in [2.24, 2.45) is 0 Å². The van der Waals surface area contributed by atoms with Crippen LogP contribution in [0.2, 0.25) is 0 Å². The quantitative estimate of drug-likeness (QED) is 0.673. The van der Waals surface area contributed by atoms with E-state index in [-0.39, 0.29) is 34.6 Å². The van der Waals surface area contributed by atoms with Gasteiger partial charge in [0.05, 0.1) is 12.6 Å². The predicted molar refractivity (Wildman–Crippen MR) is 98.6 cm³/mol. The number of rotatable bonds is 5. The molecule has 1 aliphatic carbocycles. The Kier molecular flexibility index (Phi) is 4.58. The van der Waals surface area contributed by atoms with E-state index in [0.717, 1.165) is 24.5 Å². The van der Waals surface area contributed by atoms with E-state index in [1.54, 1.807) is 31.4 Å². The Balaban J connectivity index is 1.63.